The van der Waals surface area contributed by atoms with Crippen molar-refractivity contribution in [3.8, 4) is 0 Å². The fourth-order valence-electron chi connectivity index (χ4n) is 0.859. The highest BCUT2D eigenvalue weighted by Crippen LogP contribution is 2.18. The van der Waals surface area contributed by atoms with Crippen molar-refractivity contribution in [2.45, 2.75) is 0 Å². The van der Waals surface area contributed by atoms with Gasteiger partial charge < -0.3 is 4.90 Å². The van der Waals surface area contributed by atoms with E-state index in [0.717, 1.165) is 17.3 Å². The van der Waals surface area contributed by atoms with Gasteiger partial charge in [-0.15, -0.1) is 0 Å². The molecule has 0 radical (unpaired) electrons. The van der Waals surface area contributed by atoms with Crippen molar-refractivity contribution < 1.29 is 0 Å². The van der Waals surface area contributed by atoms with Gasteiger partial charge in [-0.25, -0.2) is 0 Å². The molecule has 0 bridgehead atoms. The third kappa shape index (κ3) is 1.24. The molecule has 0 N–H and O–H groups in total. The fourth-order valence-corrected chi connectivity index (χ4v) is 1.07. The minimum Gasteiger partial charge on any atom is -0.361 e. The van der Waals surface area contributed by atoms with Crippen LogP contribution in [0.15, 0.2) is 35.5 Å². The largest absolute Gasteiger partial charge is 0.361 e. The van der Waals surface area contributed by atoms with E-state index < -0.39 is 0 Å². The SMILES string of the molecule is C=CC1=C(Cl)N(C)CC=C1. The predicted octanol–water partition coefficient (Wildman–Crippen LogP) is 2.12. The van der Waals surface area contributed by atoms with Crippen LogP contribution in [-0.2, 0) is 0 Å². The van der Waals surface area contributed by atoms with Gasteiger partial charge in [-0.1, -0.05) is 36.4 Å². The lowest BCUT2D eigenvalue weighted by atomic mass is 10.2. The number of rotatable bonds is 1. The summed E-state index contributed by atoms with van der Waals surface area (Å²) in [5.74, 6) is 0. The van der Waals surface area contributed by atoms with Gasteiger partial charge in [0.15, 0.2) is 0 Å². The summed E-state index contributed by atoms with van der Waals surface area (Å²) in [6.45, 7) is 4.53. The molecule has 0 saturated carbocycles. The molecule has 0 aromatic carbocycles. The van der Waals surface area contributed by atoms with Crippen LogP contribution in [0, 0.1) is 0 Å². The van der Waals surface area contributed by atoms with E-state index in [0.29, 0.717) is 0 Å². The minimum absolute atomic E-state index is 0.775. The van der Waals surface area contributed by atoms with Crippen LogP contribution in [0.4, 0.5) is 0 Å². The van der Waals surface area contributed by atoms with E-state index in [2.05, 4.69) is 12.7 Å². The molecule has 10 heavy (non-hydrogen) atoms. The van der Waals surface area contributed by atoms with Crippen LogP contribution in [0.1, 0.15) is 0 Å². The van der Waals surface area contributed by atoms with Gasteiger partial charge in [0.25, 0.3) is 0 Å². The molecule has 0 unspecified atom stereocenters. The van der Waals surface area contributed by atoms with E-state index >= 15 is 0 Å². The van der Waals surface area contributed by atoms with Gasteiger partial charge in [-0.3, -0.25) is 0 Å². The lowest BCUT2D eigenvalue weighted by Crippen LogP contribution is -2.18. The molecule has 0 amide bonds. The summed E-state index contributed by atoms with van der Waals surface area (Å²) in [4.78, 5) is 1.97. The summed E-state index contributed by atoms with van der Waals surface area (Å²) in [7, 11) is 1.95. The van der Waals surface area contributed by atoms with E-state index in [4.69, 9.17) is 11.6 Å². The van der Waals surface area contributed by atoms with Gasteiger partial charge in [0.2, 0.25) is 0 Å². The summed E-state index contributed by atoms with van der Waals surface area (Å²) >= 11 is 5.92. The average molecular weight is 156 g/mol. The van der Waals surface area contributed by atoms with Gasteiger partial charge in [0.05, 0.1) is 0 Å². The second-order valence-corrected chi connectivity index (χ2v) is 2.59. The third-order valence-electron chi connectivity index (χ3n) is 1.47. The van der Waals surface area contributed by atoms with Crippen LogP contribution in [-0.4, -0.2) is 18.5 Å². The molecule has 2 heteroatoms. The van der Waals surface area contributed by atoms with Crippen LogP contribution in [0.3, 0.4) is 0 Å². The Morgan fingerprint density at radius 1 is 1.80 bits per heavy atom. The van der Waals surface area contributed by atoms with Gasteiger partial charge in [-0.2, -0.15) is 0 Å². The van der Waals surface area contributed by atoms with Gasteiger partial charge >= 0.3 is 0 Å². The molecule has 1 aliphatic heterocycles. The van der Waals surface area contributed by atoms with E-state index in [9.17, 15) is 0 Å². The second kappa shape index (κ2) is 2.93. The number of hydrogen-bond donors (Lipinski definition) is 0. The van der Waals surface area contributed by atoms with E-state index in [-0.39, 0.29) is 0 Å². The summed E-state index contributed by atoms with van der Waals surface area (Å²) in [6.07, 6.45) is 5.80. The summed E-state index contributed by atoms with van der Waals surface area (Å²) in [5, 5.41) is 0.775. The van der Waals surface area contributed by atoms with Crippen LogP contribution in [0.2, 0.25) is 0 Å². The zero-order chi connectivity index (χ0) is 7.56. The average Bonchev–Trinajstić information content (AvgIpc) is 1.95. The van der Waals surface area contributed by atoms with Crippen molar-refractivity contribution in [2.75, 3.05) is 13.6 Å². The maximum atomic E-state index is 5.92. The van der Waals surface area contributed by atoms with Gasteiger partial charge in [-0.05, 0) is 0 Å². The lowest BCUT2D eigenvalue weighted by Gasteiger charge is -2.20. The number of halogens is 1. The second-order valence-electron chi connectivity index (χ2n) is 2.23. The highest BCUT2D eigenvalue weighted by molar-refractivity contribution is 6.30. The Kier molecular flexibility index (Phi) is 2.17. The van der Waals surface area contributed by atoms with Crippen molar-refractivity contribution in [1.82, 2.24) is 4.90 Å². The van der Waals surface area contributed by atoms with Crippen molar-refractivity contribution in [2.24, 2.45) is 0 Å². The molecule has 1 aliphatic rings. The highest BCUT2D eigenvalue weighted by atomic mass is 35.5. The van der Waals surface area contributed by atoms with Crippen LogP contribution in [0.25, 0.3) is 0 Å². The first kappa shape index (κ1) is 7.42. The number of hydrogen-bond acceptors (Lipinski definition) is 1. The highest BCUT2D eigenvalue weighted by Gasteiger charge is 2.06. The summed E-state index contributed by atoms with van der Waals surface area (Å²) < 4.78 is 0. The van der Waals surface area contributed by atoms with Crippen molar-refractivity contribution in [3.05, 3.63) is 35.5 Å². The number of allylic oxidation sites excluding steroid dienone is 3. The van der Waals surface area contributed by atoms with Crippen molar-refractivity contribution in [1.29, 1.82) is 0 Å². The smallest absolute Gasteiger partial charge is 0.112 e. The molecule has 0 saturated heterocycles. The maximum absolute atomic E-state index is 5.92. The molecule has 0 atom stereocenters. The molecular weight excluding hydrogens is 146 g/mol. The van der Waals surface area contributed by atoms with Crippen LogP contribution < -0.4 is 0 Å². The third-order valence-corrected chi connectivity index (χ3v) is 1.98. The normalized spacial score (nSPS) is 18.0. The summed E-state index contributed by atoms with van der Waals surface area (Å²) in [5.41, 5.74) is 0.996. The predicted molar refractivity (Wildman–Crippen MR) is 44.8 cm³/mol. The van der Waals surface area contributed by atoms with E-state index in [1.54, 1.807) is 6.08 Å². The quantitative estimate of drug-likeness (QED) is 0.525. The first-order chi connectivity index (χ1) is 4.75. The monoisotopic (exact) mass is 155 g/mol. The first-order valence-electron chi connectivity index (χ1n) is 3.15. The Morgan fingerprint density at radius 3 is 3.00 bits per heavy atom. The Morgan fingerprint density at radius 2 is 2.50 bits per heavy atom. The van der Waals surface area contributed by atoms with Crippen molar-refractivity contribution in [3.63, 3.8) is 0 Å². The number of likely N-dealkylation sites (N-methyl/N-ethyl adjacent to an activating group) is 1. The van der Waals surface area contributed by atoms with E-state index in [1.165, 1.54) is 0 Å². The molecule has 0 aromatic heterocycles. The number of nitrogens with zero attached hydrogens (tertiary/aromatic N) is 1. The van der Waals surface area contributed by atoms with E-state index in [1.807, 2.05) is 18.0 Å². The molecule has 1 heterocycles. The fraction of sp³-hybridized carbons (Fsp3) is 0.250. The molecule has 1 rings (SSSR count). The molecule has 1 nitrogen and oxygen atoms in total. The molecule has 0 aliphatic carbocycles. The van der Waals surface area contributed by atoms with Gasteiger partial charge in [0, 0.05) is 19.2 Å². The molecule has 0 aromatic rings. The van der Waals surface area contributed by atoms with Gasteiger partial charge in [0.1, 0.15) is 5.16 Å². The maximum Gasteiger partial charge on any atom is 0.112 e. The van der Waals surface area contributed by atoms with Crippen LogP contribution in [0.5, 0.6) is 0 Å². The molecular formula is C8H10ClN. The minimum atomic E-state index is 0.775. The van der Waals surface area contributed by atoms with Crippen LogP contribution >= 0.6 is 11.6 Å². The topological polar surface area (TPSA) is 3.24 Å². The zero-order valence-electron chi connectivity index (χ0n) is 5.97. The molecule has 54 valence electrons. The standard InChI is InChI=1S/C8H10ClN/c1-3-7-5-4-6-10(2)8(7)9/h3-5H,1,6H2,2H3. The van der Waals surface area contributed by atoms with Crippen molar-refractivity contribution >= 4 is 11.6 Å². The lowest BCUT2D eigenvalue weighted by molar-refractivity contribution is 0.486. The first-order valence-corrected chi connectivity index (χ1v) is 3.53. The Labute approximate surface area is 66.3 Å². The molecule has 0 spiro atoms. The zero-order valence-corrected chi connectivity index (χ0v) is 6.73. The molecule has 0 fully saturated rings. The summed E-state index contributed by atoms with van der Waals surface area (Å²) in [6, 6.07) is 0. The Hall–Kier alpha value is -0.690. The Bertz CT molecular complexity index is 203. The Balaban J connectivity index is 2.92.